The summed E-state index contributed by atoms with van der Waals surface area (Å²) in [5.41, 5.74) is 6.98. The number of amides is 1. The Kier molecular flexibility index (Phi) is 5.81. The molecule has 0 atom stereocenters. The molecule has 3 N–H and O–H groups in total. The molecule has 0 spiro atoms. The first-order valence-electron chi connectivity index (χ1n) is 5.86. The summed E-state index contributed by atoms with van der Waals surface area (Å²) in [5, 5.41) is 8.78. The molecule has 0 bridgehead atoms. The van der Waals surface area contributed by atoms with Gasteiger partial charge >= 0.3 is 5.97 Å². The zero-order chi connectivity index (χ0) is 14.3. The minimum atomic E-state index is -1.04. The van der Waals surface area contributed by atoms with Gasteiger partial charge in [-0.25, -0.2) is 0 Å². The lowest BCUT2D eigenvalue weighted by atomic mass is 10.1. The number of aliphatic carboxylic acids is 1. The number of nitrogen functional groups attached to an aromatic ring is 1. The SMILES string of the molecule is COCCN(CC(=O)O)C(=O)Cc1ccc(N)cc1. The van der Waals surface area contributed by atoms with E-state index in [4.69, 9.17) is 15.6 Å². The van der Waals surface area contributed by atoms with Gasteiger partial charge in [-0.15, -0.1) is 0 Å². The van der Waals surface area contributed by atoms with Crippen molar-refractivity contribution in [3.63, 3.8) is 0 Å². The van der Waals surface area contributed by atoms with Crippen LogP contribution in [0.1, 0.15) is 5.56 Å². The number of nitrogens with zero attached hydrogens (tertiary/aromatic N) is 1. The van der Waals surface area contributed by atoms with Crippen LogP contribution in [-0.2, 0) is 20.7 Å². The molecule has 0 aliphatic heterocycles. The van der Waals surface area contributed by atoms with Gasteiger partial charge < -0.3 is 20.5 Å². The Morgan fingerprint density at radius 1 is 1.32 bits per heavy atom. The summed E-state index contributed by atoms with van der Waals surface area (Å²) in [5.74, 6) is -1.29. The molecule has 19 heavy (non-hydrogen) atoms. The lowest BCUT2D eigenvalue weighted by Gasteiger charge is -2.20. The molecular weight excluding hydrogens is 248 g/mol. The van der Waals surface area contributed by atoms with Crippen LogP contribution in [-0.4, -0.2) is 48.7 Å². The molecule has 0 unspecified atom stereocenters. The van der Waals surface area contributed by atoms with Crippen molar-refractivity contribution in [1.82, 2.24) is 4.90 Å². The molecule has 1 aromatic carbocycles. The van der Waals surface area contributed by atoms with Crippen molar-refractivity contribution in [2.45, 2.75) is 6.42 Å². The average Bonchev–Trinajstić information content (AvgIpc) is 2.36. The fourth-order valence-corrected chi connectivity index (χ4v) is 1.58. The van der Waals surface area contributed by atoms with Gasteiger partial charge in [0, 0.05) is 19.3 Å². The molecule has 0 fully saturated rings. The maximum Gasteiger partial charge on any atom is 0.323 e. The van der Waals surface area contributed by atoms with Crippen molar-refractivity contribution in [2.24, 2.45) is 0 Å². The normalized spacial score (nSPS) is 10.2. The summed E-state index contributed by atoms with van der Waals surface area (Å²) in [6.07, 6.45) is 0.150. The Morgan fingerprint density at radius 3 is 2.47 bits per heavy atom. The van der Waals surface area contributed by atoms with Crippen LogP contribution in [0.2, 0.25) is 0 Å². The van der Waals surface area contributed by atoms with Gasteiger partial charge in [-0.3, -0.25) is 9.59 Å². The lowest BCUT2D eigenvalue weighted by molar-refractivity contribution is -0.144. The van der Waals surface area contributed by atoms with Gasteiger partial charge in [-0.1, -0.05) is 12.1 Å². The average molecular weight is 266 g/mol. The van der Waals surface area contributed by atoms with E-state index in [2.05, 4.69) is 0 Å². The van der Waals surface area contributed by atoms with E-state index in [1.165, 1.54) is 12.0 Å². The van der Waals surface area contributed by atoms with Gasteiger partial charge in [-0.05, 0) is 17.7 Å². The molecular formula is C13H18N2O4. The van der Waals surface area contributed by atoms with Crippen LogP contribution in [0.15, 0.2) is 24.3 Å². The van der Waals surface area contributed by atoms with Crippen molar-refractivity contribution in [3.8, 4) is 0 Å². The summed E-state index contributed by atoms with van der Waals surface area (Å²) in [6, 6.07) is 6.92. The molecule has 0 saturated heterocycles. The van der Waals surface area contributed by atoms with Gasteiger partial charge in [0.15, 0.2) is 0 Å². The predicted octanol–water partition coefficient (Wildman–Crippen LogP) is 0.371. The maximum atomic E-state index is 12.0. The number of carboxylic acid groups (broad SMARTS) is 1. The monoisotopic (exact) mass is 266 g/mol. The summed E-state index contributed by atoms with van der Waals surface area (Å²) >= 11 is 0. The van der Waals surface area contributed by atoms with Crippen molar-refractivity contribution in [1.29, 1.82) is 0 Å². The molecule has 6 heteroatoms. The molecule has 1 aromatic rings. The second kappa shape index (κ2) is 7.38. The molecule has 1 rings (SSSR count). The van der Waals surface area contributed by atoms with Gasteiger partial charge in [0.25, 0.3) is 0 Å². The zero-order valence-corrected chi connectivity index (χ0v) is 10.8. The van der Waals surface area contributed by atoms with Crippen LogP contribution in [0.5, 0.6) is 0 Å². The van der Waals surface area contributed by atoms with Crippen LogP contribution in [0.3, 0.4) is 0 Å². The number of hydrogen-bond acceptors (Lipinski definition) is 4. The first-order valence-corrected chi connectivity index (χ1v) is 5.86. The van der Waals surface area contributed by atoms with E-state index in [-0.39, 0.29) is 25.4 Å². The fourth-order valence-electron chi connectivity index (χ4n) is 1.58. The zero-order valence-electron chi connectivity index (χ0n) is 10.8. The second-order valence-electron chi connectivity index (χ2n) is 4.12. The minimum absolute atomic E-state index is 0.150. The Balaban J connectivity index is 2.64. The van der Waals surface area contributed by atoms with Crippen LogP contribution in [0.25, 0.3) is 0 Å². The Labute approximate surface area is 111 Å². The predicted molar refractivity (Wildman–Crippen MR) is 70.7 cm³/mol. The Bertz CT molecular complexity index is 431. The smallest absolute Gasteiger partial charge is 0.323 e. The third-order valence-electron chi connectivity index (χ3n) is 2.58. The highest BCUT2D eigenvalue weighted by Gasteiger charge is 2.16. The summed E-state index contributed by atoms with van der Waals surface area (Å²) in [6.45, 7) is 0.245. The third-order valence-corrected chi connectivity index (χ3v) is 2.58. The number of hydrogen-bond donors (Lipinski definition) is 2. The Hall–Kier alpha value is -2.08. The molecule has 0 heterocycles. The fraction of sp³-hybridized carbons (Fsp3) is 0.385. The van der Waals surface area contributed by atoms with E-state index in [0.29, 0.717) is 12.3 Å². The molecule has 6 nitrogen and oxygen atoms in total. The molecule has 0 saturated carbocycles. The van der Waals surface area contributed by atoms with Gasteiger partial charge in [-0.2, -0.15) is 0 Å². The largest absolute Gasteiger partial charge is 0.480 e. The van der Waals surface area contributed by atoms with Crippen molar-refractivity contribution in [2.75, 3.05) is 32.5 Å². The topological polar surface area (TPSA) is 92.9 Å². The summed E-state index contributed by atoms with van der Waals surface area (Å²) in [4.78, 5) is 24.0. The van der Waals surface area contributed by atoms with E-state index >= 15 is 0 Å². The minimum Gasteiger partial charge on any atom is -0.480 e. The highest BCUT2D eigenvalue weighted by Crippen LogP contribution is 2.07. The second-order valence-corrected chi connectivity index (χ2v) is 4.12. The van der Waals surface area contributed by atoms with Crippen LogP contribution in [0.4, 0.5) is 5.69 Å². The molecule has 0 aliphatic rings. The number of carboxylic acids is 1. The number of benzene rings is 1. The molecule has 0 aromatic heterocycles. The number of methoxy groups -OCH3 is 1. The first-order chi connectivity index (χ1) is 9.02. The van der Waals surface area contributed by atoms with Gasteiger partial charge in [0.2, 0.25) is 5.91 Å². The van der Waals surface area contributed by atoms with Gasteiger partial charge in [0.05, 0.1) is 13.0 Å². The van der Waals surface area contributed by atoms with E-state index in [9.17, 15) is 9.59 Å². The molecule has 104 valence electrons. The number of anilines is 1. The molecule has 0 radical (unpaired) electrons. The number of carbonyl (C=O) groups is 2. The Morgan fingerprint density at radius 2 is 1.95 bits per heavy atom. The van der Waals surface area contributed by atoms with E-state index < -0.39 is 5.97 Å². The maximum absolute atomic E-state index is 12.0. The highest BCUT2D eigenvalue weighted by atomic mass is 16.5. The van der Waals surface area contributed by atoms with Gasteiger partial charge in [0.1, 0.15) is 6.54 Å². The van der Waals surface area contributed by atoms with Crippen LogP contribution >= 0.6 is 0 Å². The lowest BCUT2D eigenvalue weighted by Crippen LogP contribution is -2.38. The number of carbonyl (C=O) groups excluding carboxylic acids is 1. The van der Waals surface area contributed by atoms with Crippen molar-refractivity contribution >= 4 is 17.6 Å². The van der Waals surface area contributed by atoms with E-state index in [1.807, 2.05) is 0 Å². The standard InChI is InChI=1S/C13H18N2O4/c1-19-7-6-15(9-13(17)18)12(16)8-10-2-4-11(14)5-3-10/h2-5H,6-9,14H2,1H3,(H,17,18). The highest BCUT2D eigenvalue weighted by molar-refractivity contribution is 5.83. The van der Waals surface area contributed by atoms with Crippen LogP contribution < -0.4 is 5.73 Å². The molecule has 1 amide bonds. The summed E-state index contributed by atoms with van der Waals surface area (Å²) in [7, 11) is 1.50. The van der Waals surface area contributed by atoms with E-state index in [1.54, 1.807) is 24.3 Å². The number of ether oxygens (including phenoxy) is 1. The molecule has 0 aliphatic carbocycles. The number of rotatable bonds is 7. The first kappa shape index (κ1) is 15.0. The van der Waals surface area contributed by atoms with E-state index in [0.717, 1.165) is 5.56 Å². The number of nitrogens with two attached hydrogens (primary N) is 1. The summed E-state index contributed by atoms with van der Waals surface area (Å²) < 4.78 is 4.87. The van der Waals surface area contributed by atoms with Crippen molar-refractivity contribution < 1.29 is 19.4 Å². The van der Waals surface area contributed by atoms with Crippen LogP contribution in [0, 0.1) is 0 Å². The quantitative estimate of drug-likeness (QED) is 0.696. The third kappa shape index (κ3) is 5.39. The van der Waals surface area contributed by atoms with Crippen molar-refractivity contribution in [3.05, 3.63) is 29.8 Å².